The first-order valence-corrected chi connectivity index (χ1v) is 6.08. The predicted molar refractivity (Wildman–Crippen MR) is 66.3 cm³/mol. The van der Waals surface area contributed by atoms with Gasteiger partial charge in [-0.25, -0.2) is 13.5 Å². The summed E-state index contributed by atoms with van der Waals surface area (Å²) in [5.41, 5.74) is 6.29. The summed E-state index contributed by atoms with van der Waals surface area (Å²) in [5.74, 6) is -4.30. The zero-order valence-electron chi connectivity index (χ0n) is 9.77. The average Bonchev–Trinajstić information content (AvgIpc) is 2.79. The monoisotopic (exact) mass is 353 g/mol. The summed E-state index contributed by atoms with van der Waals surface area (Å²) < 4.78 is 51.7. The molecule has 2 N–H and O–H groups in total. The molecule has 1 aromatic heterocycles. The number of rotatable bonds is 4. The molecule has 0 aliphatic heterocycles. The lowest BCUT2D eigenvalue weighted by atomic mass is 10.2. The lowest BCUT2D eigenvalue weighted by Gasteiger charge is -2.15. The molecule has 0 fully saturated rings. The fourth-order valence-corrected chi connectivity index (χ4v) is 1.91. The van der Waals surface area contributed by atoms with Crippen molar-refractivity contribution in [1.82, 2.24) is 20.2 Å². The van der Waals surface area contributed by atoms with E-state index in [-0.39, 0.29) is 5.82 Å². The molecule has 0 aliphatic rings. The number of anilines is 1. The van der Waals surface area contributed by atoms with E-state index in [2.05, 4.69) is 31.5 Å². The second kappa shape index (κ2) is 5.35. The van der Waals surface area contributed by atoms with Crippen LogP contribution in [0.15, 0.2) is 22.7 Å². The van der Waals surface area contributed by atoms with Gasteiger partial charge in [0.15, 0.2) is 5.82 Å². The van der Waals surface area contributed by atoms with Crippen LogP contribution in [0.3, 0.4) is 0 Å². The van der Waals surface area contributed by atoms with Crippen molar-refractivity contribution in [2.45, 2.75) is 18.9 Å². The van der Waals surface area contributed by atoms with E-state index in [0.29, 0.717) is 20.4 Å². The summed E-state index contributed by atoms with van der Waals surface area (Å²) in [6, 6.07) is 4.61. The lowest BCUT2D eigenvalue weighted by Crippen LogP contribution is -2.32. The summed E-state index contributed by atoms with van der Waals surface area (Å²) in [7, 11) is 0. The van der Waals surface area contributed by atoms with E-state index in [1.54, 1.807) is 12.1 Å². The number of hydrogen-bond donors (Lipinski definition) is 1. The van der Waals surface area contributed by atoms with Gasteiger partial charge in [-0.15, -0.1) is 5.10 Å². The van der Waals surface area contributed by atoms with E-state index in [4.69, 9.17) is 5.73 Å². The minimum Gasteiger partial charge on any atom is -0.399 e. The Morgan fingerprint density at radius 1 is 1.35 bits per heavy atom. The van der Waals surface area contributed by atoms with Crippen LogP contribution in [0.25, 0.3) is 11.4 Å². The molecule has 0 saturated carbocycles. The highest BCUT2D eigenvalue weighted by molar-refractivity contribution is 9.10. The molecule has 0 saturated heterocycles. The minimum atomic E-state index is -4.23. The highest BCUT2D eigenvalue weighted by atomic mass is 79.9. The molecule has 1 aromatic carbocycles. The molecule has 20 heavy (non-hydrogen) atoms. The van der Waals surface area contributed by atoms with E-state index in [0.717, 1.165) is 0 Å². The predicted octanol–water partition coefficient (Wildman–Crippen LogP) is 2.59. The Balaban J connectivity index is 2.41. The van der Waals surface area contributed by atoms with Crippen LogP contribution < -0.4 is 5.73 Å². The van der Waals surface area contributed by atoms with Crippen LogP contribution in [0.1, 0.15) is 0 Å². The lowest BCUT2D eigenvalue weighted by molar-refractivity contribution is -0.139. The molecule has 5 nitrogen and oxygen atoms in total. The van der Waals surface area contributed by atoms with Crippen molar-refractivity contribution in [2.24, 2.45) is 0 Å². The molecule has 2 aromatic rings. The minimum absolute atomic E-state index is 0.0792. The summed E-state index contributed by atoms with van der Waals surface area (Å²) in [4.78, 5) is 0. The highest BCUT2D eigenvalue weighted by Gasteiger charge is 2.42. The number of nitrogens with two attached hydrogens (primary N) is 1. The van der Waals surface area contributed by atoms with Gasteiger partial charge in [-0.3, -0.25) is 0 Å². The van der Waals surface area contributed by atoms with Gasteiger partial charge in [0.1, 0.15) is 6.54 Å². The number of benzene rings is 1. The molecule has 0 atom stereocenters. The molecule has 108 valence electrons. The van der Waals surface area contributed by atoms with Gasteiger partial charge in [0, 0.05) is 15.7 Å². The molecule has 0 spiro atoms. The van der Waals surface area contributed by atoms with Gasteiger partial charge in [-0.2, -0.15) is 8.78 Å². The van der Waals surface area contributed by atoms with Crippen molar-refractivity contribution in [3.63, 3.8) is 0 Å². The van der Waals surface area contributed by atoms with Crippen molar-refractivity contribution in [2.75, 3.05) is 5.73 Å². The molecule has 0 radical (unpaired) electrons. The van der Waals surface area contributed by atoms with Crippen LogP contribution in [-0.2, 0) is 6.54 Å². The quantitative estimate of drug-likeness (QED) is 0.677. The van der Waals surface area contributed by atoms with Gasteiger partial charge >= 0.3 is 12.3 Å². The smallest absolute Gasteiger partial charge is 0.326 e. The van der Waals surface area contributed by atoms with E-state index < -0.39 is 18.9 Å². The molecule has 0 amide bonds. The van der Waals surface area contributed by atoms with E-state index in [1.165, 1.54) is 6.07 Å². The van der Waals surface area contributed by atoms with Gasteiger partial charge in [-0.1, -0.05) is 15.9 Å². The maximum atomic E-state index is 13.1. The van der Waals surface area contributed by atoms with Gasteiger partial charge in [0.05, 0.1) is 0 Å². The number of halogens is 5. The molecular weight excluding hydrogens is 346 g/mol. The third kappa shape index (κ3) is 2.89. The van der Waals surface area contributed by atoms with E-state index >= 15 is 0 Å². The van der Waals surface area contributed by atoms with Gasteiger partial charge in [-0.05, 0) is 28.6 Å². The first kappa shape index (κ1) is 14.7. The highest BCUT2D eigenvalue weighted by Crippen LogP contribution is 2.30. The molecule has 1 heterocycles. The third-order valence-corrected chi connectivity index (χ3v) is 3.13. The summed E-state index contributed by atoms with van der Waals surface area (Å²) in [6.45, 7) is -1.33. The topological polar surface area (TPSA) is 69.6 Å². The number of hydrogen-bond acceptors (Lipinski definition) is 4. The largest absolute Gasteiger partial charge is 0.399 e. The summed E-state index contributed by atoms with van der Waals surface area (Å²) in [5, 5.41) is 10.1. The molecule has 0 aliphatic carbocycles. The fourth-order valence-electron chi connectivity index (χ4n) is 1.49. The van der Waals surface area contributed by atoms with E-state index in [1.807, 2.05) is 0 Å². The molecule has 2 rings (SSSR count). The van der Waals surface area contributed by atoms with Crippen molar-refractivity contribution < 1.29 is 17.6 Å². The molecule has 10 heteroatoms. The normalized spacial score (nSPS) is 12.1. The Kier molecular flexibility index (Phi) is 3.93. The molecule has 0 bridgehead atoms. The van der Waals surface area contributed by atoms with Crippen LogP contribution in [0.4, 0.5) is 23.2 Å². The maximum absolute atomic E-state index is 13.1. The number of tetrazole rings is 1. The maximum Gasteiger partial charge on any atom is 0.326 e. The Bertz CT molecular complexity index is 615. The first-order chi connectivity index (χ1) is 9.31. The average molecular weight is 354 g/mol. The first-order valence-electron chi connectivity index (χ1n) is 5.29. The van der Waals surface area contributed by atoms with Gasteiger partial charge in [0.2, 0.25) is 0 Å². The van der Waals surface area contributed by atoms with E-state index in [9.17, 15) is 17.6 Å². The Hall–Kier alpha value is -1.71. The standard InChI is InChI=1S/C10H8BrF4N5/c11-7-2-1-5(16)3-6(7)8-17-18-19-20(8)4-10(14,15)9(12)13/h1-3,9H,4,16H2. The second-order valence-electron chi connectivity index (χ2n) is 3.96. The third-order valence-electron chi connectivity index (χ3n) is 2.44. The van der Waals surface area contributed by atoms with Gasteiger partial charge in [0.25, 0.3) is 0 Å². The number of nitrogens with zero attached hydrogens (tertiary/aromatic N) is 4. The molecular formula is C10H8BrF4N5. The summed E-state index contributed by atoms with van der Waals surface area (Å²) in [6.07, 6.45) is -3.80. The van der Waals surface area contributed by atoms with Crippen LogP contribution in [0, 0.1) is 0 Å². The van der Waals surface area contributed by atoms with Crippen LogP contribution in [0.2, 0.25) is 0 Å². The fraction of sp³-hybridized carbons (Fsp3) is 0.300. The van der Waals surface area contributed by atoms with Gasteiger partial charge < -0.3 is 5.73 Å². The Morgan fingerprint density at radius 3 is 2.70 bits per heavy atom. The van der Waals surface area contributed by atoms with Crippen molar-refractivity contribution in [3.05, 3.63) is 22.7 Å². The number of aromatic nitrogens is 4. The van der Waals surface area contributed by atoms with Crippen molar-refractivity contribution in [3.8, 4) is 11.4 Å². The zero-order chi connectivity index (χ0) is 14.9. The number of nitrogen functional groups attached to an aromatic ring is 1. The van der Waals surface area contributed by atoms with Crippen molar-refractivity contribution >= 4 is 21.6 Å². The number of alkyl halides is 4. The van der Waals surface area contributed by atoms with Crippen LogP contribution >= 0.6 is 15.9 Å². The van der Waals surface area contributed by atoms with Crippen LogP contribution in [-0.4, -0.2) is 32.6 Å². The zero-order valence-corrected chi connectivity index (χ0v) is 11.4. The SMILES string of the molecule is Nc1ccc(Br)c(-c2nnnn2CC(F)(F)C(F)F)c1. The molecule has 0 unspecified atom stereocenters. The second-order valence-corrected chi connectivity index (χ2v) is 4.82. The van der Waals surface area contributed by atoms with Crippen LogP contribution in [0.5, 0.6) is 0 Å². The Labute approximate surface area is 118 Å². The summed E-state index contributed by atoms with van der Waals surface area (Å²) >= 11 is 3.19. The van der Waals surface area contributed by atoms with Crippen molar-refractivity contribution in [1.29, 1.82) is 0 Å². The Morgan fingerprint density at radius 2 is 2.05 bits per heavy atom.